The standard InChI is InChI=1S/C18H29N5O2/c1-14-20-16(12-17(21-14)23-8-10-25-11-9-23)15-4-3-6-22(13-15)7-5-18(24)19-2/h12,15H,3-11,13H2,1-2H3,(H,19,24). The molecule has 0 saturated carbocycles. The molecule has 2 fully saturated rings. The minimum Gasteiger partial charge on any atom is -0.378 e. The van der Waals surface area contributed by atoms with Crippen LogP contribution in [0.25, 0.3) is 0 Å². The van der Waals surface area contributed by atoms with E-state index in [-0.39, 0.29) is 5.91 Å². The number of aromatic nitrogens is 2. The van der Waals surface area contributed by atoms with Gasteiger partial charge < -0.3 is 19.9 Å². The number of nitrogens with zero attached hydrogens (tertiary/aromatic N) is 4. The minimum absolute atomic E-state index is 0.106. The molecule has 138 valence electrons. The molecular weight excluding hydrogens is 318 g/mol. The van der Waals surface area contributed by atoms with E-state index < -0.39 is 0 Å². The number of carbonyl (C=O) groups excluding carboxylic acids is 1. The van der Waals surface area contributed by atoms with Crippen molar-refractivity contribution < 1.29 is 9.53 Å². The van der Waals surface area contributed by atoms with Gasteiger partial charge in [0.05, 0.1) is 18.9 Å². The van der Waals surface area contributed by atoms with Crippen molar-refractivity contribution in [1.29, 1.82) is 0 Å². The molecule has 1 aromatic rings. The second kappa shape index (κ2) is 8.58. The summed E-state index contributed by atoms with van der Waals surface area (Å²) in [5.41, 5.74) is 1.14. The number of hydrogen-bond acceptors (Lipinski definition) is 6. The van der Waals surface area contributed by atoms with E-state index in [0.717, 1.165) is 76.1 Å². The Balaban J connectivity index is 1.67. The predicted molar refractivity (Wildman–Crippen MR) is 96.9 cm³/mol. The topological polar surface area (TPSA) is 70.6 Å². The average molecular weight is 347 g/mol. The monoisotopic (exact) mass is 347 g/mol. The van der Waals surface area contributed by atoms with Gasteiger partial charge in [-0.05, 0) is 26.3 Å². The molecule has 1 unspecified atom stereocenters. The maximum Gasteiger partial charge on any atom is 0.221 e. The molecule has 1 amide bonds. The number of anilines is 1. The van der Waals surface area contributed by atoms with E-state index in [0.29, 0.717) is 12.3 Å². The van der Waals surface area contributed by atoms with Gasteiger partial charge in [-0.2, -0.15) is 0 Å². The van der Waals surface area contributed by atoms with Gasteiger partial charge >= 0.3 is 0 Å². The smallest absolute Gasteiger partial charge is 0.221 e. The van der Waals surface area contributed by atoms with Gasteiger partial charge in [0.15, 0.2) is 0 Å². The number of likely N-dealkylation sites (tertiary alicyclic amines) is 1. The molecule has 1 N–H and O–H groups in total. The van der Waals surface area contributed by atoms with Crippen LogP contribution in [0.2, 0.25) is 0 Å². The molecular formula is C18H29N5O2. The van der Waals surface area contributed by atoms with Crippen LogP contribution in [0.1, 0.15) is 36.7 Å². The lowest BCUT2D eigenvalue weighted by Crippen LogP contribution is -2.38. The third kappa shape index (κ3) is 4.89. The summed E-state index contributed by atoms with van der Waals surface area (Å²) in [6, 6.07) is 2.16. The summed E-state index contributed by atoms with van der Waals surface area (Å²) < 4.78 is 5.44. The molecule has 3 rings (SSSR count). The number of piperidine rings is 1. The average Bonchev–Trinajstić information content (AvgIpc) is 2.66. The maximum absolute atomic E-state index is 11.5. The molecule has 2 aliphatic rings. The summed E-state index contributed by atoms with van der Waals surface area (Å²) in [5.74, 6) is 2.38. The molecule has 1 aromatic heterocycles. The van der Waals surface area contributed by atoms with Gasteiger partial charge in [0.2, 0.25) is 5.91 Å². The van der Waals surface area contributed by atoms with E-state index in [1.54, 1.807) is 7.05 Å². The first-order valence-electron chi connectivity index (χ1n) is 9.27. The van der Waals surface area contributed by atoms with Crippen molar-refractivity contribution in [3.05, 3.63) is 17.6 Å². The first-order chi connectivity index (χ1) is 12.2. The molecule has 7 nitrogen and oxygen atoms in total. The van der Waals surface area contributed by atoms with E-state index in [9.17, 15) is 4.79 Å². The fourth-order valence-electron chi connectivity index (χ4n) is 3.62. The first kappa shape index (κ1) is 18.1. The van der Waals surface area contributed by atoms with Crippen LogP contribution >= 0.6 is 0 Å². The largest absolute Gasteiger partial charge is 0.378 e. The Bertz CT molecular complexity index is 589. The minimum atomic E-state index is 0.106. The van der Waals surface area contributed by atoms with Gasteiger partial charge in [0, 0.05) is 51.6 Å². The van der Waals surface area contributed by atoms with Crippen molar-refractivity contribution in [3.63, 3.8) is 0 Å². The number of ether oxygens (including phenoxy) is 1. The van der Waals surface area contributed by atoms with Crippen LogP contribution in [0.5, 0.6) is 0 Å². The Morgan fingerprint density at radius 2 is 2.12 bits per heavy atom. The zero-order valence-corrected chi connectivity index (χ0v) is 15.3. The third-order valence-electron chi connectivity index (χ3n) is 5.04. The van der Waals surface area contributed by atoms with Crippen molar-refractivity contribution in [2.24, 2.45) is 0 Å². The quantitative estimate of drug-likeness (QED) is 0.855. The summed E-state index contributed by atoms with van der Waals surface area (Å²) in [6.45, 7) is 8.11. The fourth-order valence-corrected chi connectivity index (χ4v) is 3.62. The molecule has 0 aliphatic carbocycles. The highest BCUT2D eigenvalue weighted by atomic mass is 16.5. The van der Waals surface area contributed by atoms with Crippen LogP contribution in [0.15, 0.2) is 6.07 Å². The van der Waals surface area contributed by atoms with E-state index in [4.69, 9.17) is 9.72 Å². The summed E-state index contributed by atoms with van der Waals surface area (Å²) in [4.78, 5) is 25.5. The lowest BCUT2D eigenvalue weighted by molar-refractivity contribution is -0.121. The van der Waals surface area contributed by atoms with Gasteiger partial charge in [-0.1, -0.05) is 0 Å². The van der Waals surface area contributed by atoms with Gasteiger partial charge in [0.1, 0.15) is 11.6 Å². The molecule has 7 heteroatoms. The number of morpholine rings is 1. The normalized spacial score (nSPS) is 22.0. The first-order valence-corrected chi connectivity index (χ1v) is 9.27. The molecule has 2 aliphatic heterocycles. The zero-order chi connectivity index (χ0) is 17.6. The van der Waals surface area contributed by atoms with Crippen LogP contribution < -0.4 is 10.2 Å². The molecule has 0 bridgehead atoms. The lowest BCUT2D eigenvalue weighted by atomic mass is 9.94. The fraction of sp³-hybridized carbons (Fsp3) is 0.722. The van der Waals surface area contributed by atoms with E-state index in [1.165, 1.54) is 0 Å². The Hall–Kier alpha value is -1.73. The number of aryl methyl sites for hydroxylation is 1. The number of amides is 1. The second-order valence-corrected chi connectivity index (χ2v) is 6.86. The molecule has 0 radical (unpaired) electrons. The van der Waals surface area contributed by atoms with Gasteiger partial charge in [-0.25, -0.2) is 9.97 Å². The second-order valence-electron chi connectivity index (χ2n) is 6.86. The predicted octanol–water partition coefficient (Wildman–Crippen LogP) is 0.937. The molecule has 1 atom stereocenters. The van der Waals surface area contributed by atoms with Crippen LogP contribution in [-0.4, -0.2) is 73.8 Å². The van der Waals surface area contributed by atoms with Crippen molar-refractivity contribution >= 4 is 11.7 Å². The summed E-state index contributed by atoms with van der Waals surface area (Å²) in [5, 5.41) is 2.70. The summed E-state index contributed by atoms with van der Waals surface area (Å²) in [7, 11) is 1.69. The maximum atomic E-state index is 11.5. The Morgan fingerprint density at radius 1 is 1.32 bits per heavy atom. The van der Waals surface area contributed by atoms with Crippen molar-refractivity contribution in [1.82, 2.24) is 20.2 Å². The number of nitrogens with one attached hydrogen (secondary N) is 1. The lowest BCUT2D eigenvalue weighted by Gasteiger charge is -2.33. The van der Waals surface area contributed by atoms with E-state index in [1.807, 2.05) is 6.92 Å². The Labute approximate surface area is 149 Å². The van der Waals surface area contributed by atoms with Crippen LogP contribution in [0.4, 0.5) is 5.82 Å². The molecule has 25 heavy (non-hydrogen) atoms. The van der Waals surface area contributed by atoms with Gasteiger partial charge in [-0.15, -0.1) is 0 Å². The SMILES string of the molecule is CNC(=O)CCN1CCCC(c2cc(N3CCOCC3)nc(C)n2)C1. The Morgan fingerprint density at radius 3 is 2.88 bits per heavy atom. The highest BCUT2D eigenvalue weighted by Gasteiger charge is 2.24. The molecule has 2 saturated heterocycles. The zero-order valence-electron chi connectivity index (χ0n) is 15.3. The van der Waals surface area contributed by atoms with Crippen molar-refractivity contribution in [2.75, 3.05) is 57.9 Å². The number of hydrogen-bond donors (Lipinski definition) is 1. The molecule has 3 heterocycles. The van der Waals surface area contributed by atoms with Crippen LogP contribution in [0.3, 0.4) is 0 Å². The van der Waals surface area contributed by atoms with Crippen LogP contribution in [-0.2, 0) is 9.53 Å². The Kier molecular flexibility index (Phi) is 6.20. The number of carbonyl (C=O) groups is 1. The molecule has 0 aromatic carbocycles. The van der Waals surface area contributed by atoms with E-state index in [2.05, 4.69) is 26.2 Å². The van der Waals surface area contributed by atoms with Gasteiger partial charge in [-0.3, -0.25) is 4.79 Å². The summed E-state index contributed by atoms with van der Waals surface area (Å²) >= 11 is 0. The third-order valence-corrected chi connectivity index (χ3v) is 5.04. The number of rotatable bonds is 5. The van der Waals surface area contributed by atoms with Crippen LogP contribution in [0, 0.1) is 6.92 Å². The van der Waals surface area contributed by atoms with E-state index >= 15 is 0 Å². The van der Waals surface area contributed by atoms with Gasteiger partial charge in [0.25, 0.3) is 0 Å². The molecule has 0 spiro atoms. The summed E-state index contributed by atoms with van der Waals surface area (Å²) in [6.07, 6.45) is 2.86. The highest BCUT2D eigenvalue weighted by molar-refractivity contribution is 5.75. The highest BCUT2D eigenvalue weighted by Crippen LogP contribution is 2.28. The van der Waals surface area contributed by atoms with Crippen molar-refractivity contribution in [2.45, 2.75) is 32.1 Å². The van der Waals surface area contributed by atoms with Crippen molar-refractivity contribution in [3.8, 4) is 0 Å².